The molecule has 2 rings (SSSR count). The van der Waals surface area contributed by atoms with E-state index in [9.17, 15) is 15.2 Å². The van der Waals surface area contributed by atoms with Crippen LogP contribution >= 0.6 is 0 Å². The van der Waals surface area contributed by atoms with Crippen LogP contribution < -0.4 is 11.1 Å². The van der Waals surface area contributed by atoms with Crippen molar-refractivity contribution in [1.82, 2.24) is 15.0 Å². The lowest BCUT2D eigenvalue weighted by Crippen LogP contribution is -2.08. The van der Waals surface area contributed by atoms with E-state index < -0.39 is 16.5 Å². The minimum absolute atomic E-state index is 0.140. The summed E-state index contributed by atoms with van der Waals surface area (Å²) in [5.74, 6) is -1.16. The van der Waals surface area contributed by atoms with Crippen LogP contribution in [0.25, 0.3) is 0 Å². The number of aromatic nitrogens is 3. The summed E-state index contributed by atoms with van der Waals surface area (Å²) >= 11 is 0. The molecule has 0 aromatic carbocycles. The Morgan fingerprint density at radius 2 is 2.26 bits per heavy atom. The summed E-state index contributed by atoms with van der Waals surface area (Å²) in [5.41, 5.74) is 5.53. The molecule has 2 aromatic rings. The lowest BCUT2D eigenvalue weighted by atomic mass is 10.3. The molecule has 2 heterocycles. The van der Waals surface area contributed by atoms with Gasteiger partial charge in [0.25, 0.3) is 5.88 Å². The van der Waals surface area contributed by atoms with Crippen LogP contribution in [0.3, 0.4) is 0 Å². The highest BCUT2D eigenvalue weighted by Gasteiger charge is 2.23. The quantitative estimate of drug-likeness (QED) is 0.539. The van der Waals surface area contributed by atoms with E-state index in [-0.39, 0.29) is 18.3 Å². The van der Waals surface area contributed by atoms with E-state index in [1.165, 1.54) is 0 Å². The van der Waals surface area contributed by atoms with Gasteiger partial charge in [0, 0.05) is 18.9 Å². The van der Waals surface area contributed by atoms with Crippen molar-refractivity contribution in [3.05, 3.63) is 40.2 Å². The maximum Gasteiger partial charge on any atom is 0.372 e. The number of nitrogens with two attached hydrogens (primary N) is 1. The number of pyridine rings is 1. The van der Waals surface area contributed by atoms with Crippen LogP contribution in [0.4, 0.5) is 17.5 Å². The summed E-state index contributed by atoms with van der Waals surface area (Å²) in [6, 6.07) is 3.52. The van der Waals surface area contributed by atoms with Crippen molar-refractivity contribution in [2.24, 2.45) is 0 Å². The van der Waals surface area contributed by atoms with Crippen molar-refractivity contribution in [2.75, 3.05) is 11.1 Å². The molecule has 0 atom stereocenters. The molecule has 0 spiro atoms. The Hall–Kier alpha value is -2.97. The monoisotopic (exact) mass is 262 g/mol. The number of nitrogen functional groups attached to an aromatic ring is 1. The second-order valence-corrected chi connectivity index (χ2v) is 3.57. The number of nitrogens with zero attached hydrogens (tertiary/aromatic N) is 4. The molecule has 0 aliphatic carbocycles. The standard InChI is InChI=1S/C10H10N6O3/c11-10-14-8(7(16(18)19)9(17)15-10)13-5-6-2-1-3-12-4-6/h1-4H,5H2,(H4,11,13,14,15,17). The molecule has 9 nitrogen and oxygen atoms in total. The molecule has 0 fully saturated rings. The minimum atomic E-state index is -0.777. The summed E-state index contributed by atoms with van der Waals surface area (Å²) in [6.07, 6.45) is 3.21. The largest absolute Gasteiger partial charge is 0.488 e. The molecule has 0 radical (unpaired) electrons. The summed E-state index contributed by atoms with van der Waals surface area (Å²) in [7, 11) is 0. The second kappa shape index (κ2) is 5.12. The van der Waals surface area contributed by atoms with E-state index in [1.54, 1.807) is 24.5 Å². The summed E-state index contributed by atoms with van der Waals surface area (Å²) in [5, 5.41) is 23.0. The molecule has 0 saturated carbocycles. The maximum atomic E-state index is 10.8. The molecule has 0 unspecified atom stereocenters. The van der Waals surface area contributed by atoms with Gasteiger partial charge in [-0.1, -0.05) is 6.07 Å². The van der Waals surface area contributed by atoms with Crippen molar-refractivity contribution < 1.29 is 10.0 Å². The smallest absolute Gasteiger partial charge is 0.372 e. The average Bonchev–Trinajstić information content (AvgIpc) is 2.36. The van der Waals surface area contributed by atoms with E-state index >= 15 is 0 Å². The lowest BCUT2D eigenvalue weighted by molar-refractivity contribution is -0.385. The van der Waals surface area contributed by atoms with Crippen LogP contribution in [0.15, 0.2) is 24.5 Å². The molecule has 98 valence electrons. The van der Waals surface area contributed by atoms with Gasteiger partial charge in [-0.2, -0.15) is 9.97 Å². The van der Waals surface area contributed by atoms with Crippen molar-refractivity contribution in [1.29, 1.82) is 0 Å². The predicted molar refractivity (Wildman–Crippen MR) is 66.3 cm³/mol. The Morgan fingerprint density at radius 1 is 1.47 bits per heavy atom. The van der Waals surface area contributed by atoms with Gasteiger partial charge in [-0.05, 0) is 11.6 Å². The Kier molecular flexibility index (Phi) is 3.37. The molecule has 0 saturated heterocycles. The topological polar surface area (TPSA) is 140 Å². The lowest BCUT2D eigenvalue weighted by Gasteiger charge is -2.07. The molecular weight excluding hydrogens is 252 g/mol. The van der Waals surface area contributed by atoms with Gasteiger partial charge in [-0.25, -0.2) is 0 Å². The highest BCUT2D eigenvalue weighted by Crippen LogP contribution is 2.31. The summed E-state index contributed by atoms with van der Waals surface area (Å²) in [4.78, 5) is 21.0. The third-order valence-electron chi connectivity index (χ3n) is 2.25. The van der Waals surface area contributed by atoms with E-state index in [0.717, 1.165) is 5.56 Å². The van der Waals surface area contributed by atoms with Gasteiger partial charge in [-0.3, -0.25) is 15.1 Å². The van der Waals surface area contributed by atoms with Crippen LogP contribution in [0.2, 0.25) is 0 Å². The molecule has 4 N–H and O–H groups in total. The first kappa shape index (κ1) is 12.5. The first-order chi connectivity index (χ1) is 9.08. The summed E-state index contributed by atoms with van der Waals surface area (Å²) < 4.78 is 0. The number of hydrogen-bond donors (Lipinski definition) is 3. The third kappa shape index (κ3) is 2.83. The number of hydrogen-bond acceptors (Lipinski definition) is 8. The number of anilines is 2. The average molecular weight is 262 g/mol. The second-order valence-electron chi connectivity index (χ2n) is 3.57. The van der Waals surface area contributed by atoms with Gasteiger partial charge in [0.1, 0.15) is 0 Å². The number of nitrogens with one attached hydrogen (secondary N) is 1. The van der Waals surface area contributed by atoms with E-state index in [2.05, 4.69) is 20.3 Å². The molecule has 0 amide bonds. The van der Waals surface area contributed by atoms with Gasteiger partial charge in [0.2, 0.25) is 11.8 Å². The van der Waals surface area contributed by atoms with Crippen LogP contribution in [0.1, 0.15) is 5.56 Å². The van der Waals surface area contributed by atoms with Crippen molar-refractivity contribution in [3.63, 3.8) is 0 Å². The van der Waals surface area contributed by atoms with E-state index in [4.69, 9.17) is 5.73 Å². The normalized spacial score (nSPS) is 10.1. The number of aromatic hydroxyl groups is 1. The third-order valence-corrected chi connectivity index (χ3v) is 2.25. The Balaban J connectivity index is 2.27. The molecular formula is C10H10N6O3. The Morgan fingerprint density at radius 3 is 2.89 bits per heavy atom. The summed E-state index contributed by atoms with van der Waals surface area (Å²) in [6.45, 7) is 0.255. The van der Waals surface area contributed by atoms with Crippen molar-refractivity contribution in [2.45, 2.75) is 6.54 Å². The highest BCUT2D eigenvalue weighted by atomic mass is 16.6. The zero-order chi connectivity index (χ0) is 13.8. The van der Waals surface area contributed by atoms with Crippen LogP contribution in [-0.2, 0) is 6.54 Å². The Bertz CT molecular complexity index is 604. The van der Waals surface area contributed by atoms with Gasteiger partial charge in [-0.15, -0.1) is 0 Å². The first-order valence-corrected chi connectivity index (χ1v) is 5.21. The molecule has 2 aromatic heterocycles. The van der Waals surface area contributed by atoms with Crippen LogP contribution in [-0.4, -0.2) is 25.0 Å². The van der Waals surface area contributed by atoms with Gasteiger partial charge >= 0.3 is 5.69 Å². The molecule has 0 aliphatic rings. The van der Waals surface area contributed by atoms with Crippen molar-refractivity contribution in [3.8, 4) is 5.88 Å². The fourth-order valence-corrected chi connectivity index (χ4v) is 1.44. The zero-order valence-corrected chi connectivity index (χ0v) is 9.65. The van der Waals surface area contributed by atoms with E-state index in [1.807, 2.05) is 0 Å². The first-order valence-electron chi connectivity index (χ1n) is 5.21. The Labute approximate surface area is 107 Å². The van der Waals surface area contributed by atoms with Crippen LogP contribution in [0.5, 0.6) is 5.88 Å². The number of nitro groups is 1. The van der Waals surface area contributed by atoms with Crippen molar-refractivity contribution >= 4 is 17.5 Å². The van der Waals surface area contributed by atoms with Gasteiger partial charge in [0.05, 0.1) is 4.92 Å². The van der Waals surface area contributed by atoms with Gasteiger partial charge < -0.3 is 16.2 Å². The van der Waals surface area contributed by atoms with Crippen LogP contribution in [0, 0.1) is 10.1 Å². The SMILES string of the molecule is Nc1nc(O)c([N+](=O)[O-])c(NCc2cccnc2)n1. The molecule has 19 heavy (non-hydrogen) atoms. The number of rotatable bonds is 4. The molecule has 0 aliphatic heterocycles. The minimum Gasteiger partial charge on any atom is -0.488 e. The fraction of sp³-hybridized carbons (Fsp3) is 0.100. The maximum absolute atomic E-state index is 10.8. The fourth-order valence-electron chi connectivity index (χ4n) is 1.44. The van der Waals surface area contributed by atoms with E-state index in [0.29, 0.717) is 0 Å². The molecule has 0 bridgehead atoms. The molecule has 9 heteroatoms. The highest BCUT2D eigenvalue weighted by molar-refractivity contribution is 5.63. The van der Waals surface area contributed by atoms with Gasteiger partial charge in [0.15, 0.2) is 0 Å². The predicted octanol–water partition coefficient (Wildman–Crippen LogP) is 0.680. The zero-order valence-electron chi connectivity index (χ0n) is 9.65.